The zero-order valence-electron chi connectivity index (χ0n) is 25.0. The highest BCUT2D eigenvalue weighted by Crippen LogP contribution is 2.30. The minimum Gasteiger partial charge on any atom is -0.439 e. The third-order valence-electron chi connectivity index (χ3n) is 7.27. The Labute approximate surface area is 241 Å². The molecule has 1 aliphatic carbocycles. The van der Waals surface area contributed by atoms with E-state index in [0.29, 0.717) is 12.0 Å². The summed E-state index contributed by atoms with van der Waals surface area (Å²) in [6.07, 6.45) is 5.11. The molecular formula is C30H42N2O9. The highest BCUT2D eigenvalue weighted by molar-refractivity contribution is 6.22. The van der Waals surface area contributed by atoms with Crippen LogP contribution < -0.4 is 11.1 Å². The van der Waals surface area contributed by atoms with E-state index in [4.69, 9.17) is 29.4 Å². The number of nitrogens with two attached hydrogens (primary N) is 1. The number of fused-ring (bicyclic) bond motifs is 2. The van der Waals surface area contributed by atoms with Gasteiger partial charge in [0.05, 0.1) is 24.0 Å². The molecule has 2 amide bonds. The molecule has 0 aromatic heterocycles. The first-order chi connectivity index (χ1) is 19.4. The lowest BCUT2D eigenvalue weighted by atomic mass is 9.84. The van der Waals surface area contributed by atoms with Crippen LogP contribution in [0.2, 0.25) is 0 Å². The summed E-state index contributed by atoms with van der Waals surface area (Å²) in [6, 6.07) is 0. The van der Waals surface area contributed by atoms with Crippen molar-refractivity contribution in [2.75, 3.05) is 28.4 Å². The fourth-order valence-corrected chi connectivity index (χ4v) is 5.21. The number of carbonyl (C=O) groups is 4. The van der Waals surface area contributed by atoms with Gasteiger partial charge in [-0.3, -0.25) is 14.4 Å². The van der Waals surface area contributed by atoms with E-state index in [0.717, 1.165) is 6.08 Å². The fraction of sp³-hybridized carbons (Fsp3) is 0.533. The molecule has 0 radical (unpaired) electrons. The van der Waals surface area contributed by atoms with Gasteiger partial charge in [-0.2, -0.15) is 0 Å². The molecule has 41 heavy (non-hydrogen) atoms. The Hall–Kier alpha value is -3.38. The Morgan fingerprint density at radius 1 is 0.951 bits per heavy atom. The summed E-state index contributed by atoms with van der Waals surface area (Å²) in [6.45, 7) is 7.17. The maximum Gasteiger partial charge on any atom is 0.405 e. The molecule has 2 unspecified atom stereocenters. The van der Waals surface area contributed by atoms with Crippen LogP contribution in [0, 0.1) is 11.8 Å². The van der Waals surface area contributed by atoms with E-state index < -0.39 is 54.1 Å². The van der Waals surface area contributed by atoms with Crippen molar-refractivity contribution in [1.29, 1.82) is 0 Å². The predicted molar refractivity (Wildman–Crippen MR) is 152 cm³/mol. The monoisotopic (exact) mass is 574 g/mol. The van der Waals surface area contributed by atoms with Crippen molar-refractivity contribution in [3.05, 3.63) is 58.9 Å². The molecular weight excluding hydrogens is 532 g/mol. The van der Waals surface area contributed by atoms with Crippen LogP contribution in [0.4, 0.5) is 4.79 Å². The van der Waals surface area contributed by atoms with Gasteiger partial charge < -0.3 is 34.7 Å². The van der Waals surface area contributed by atoms with Gasteiger partial charge >= 0.3 is 6.09 Å². The first-order valence-electron chi connectivity index (χ1n) is 13.3. The molecule has 0 spiro atoms. The van der Waals surface area contributed by atoms with Crippen molar-refractivity contribution in [2.45, 2.75) is 64.6 Å². The third kappa shape index (κ3) is 8.80. The van der Waals surface area contributed by atoms with Crippen LogP contribution in [-0.2, 0) is 38.1 Å². The van der Waals surface area contributed by atoms with Crippen LogP contribution in [0.5, 0.6) is 0 Å². The number of primary amides is 1. The average Bonchev–Trinajstić information content (AvgIpc) is 2.91. The number of ether oxygens (including phenoxy) is 5. The zero-order chi connectivity index (χ0) is 30.9. The summed E-state index contributed by atoms with van der Waals surface area (Å²) < 4.78 is 28.4. The molecule has 0 saturated heterocycles. The molecule has 3 N–H and O–H groups in total. The molecule has 2 rings (SSSR count). The van der Waals surface area contributed by atoms with E-state index in [1.54, 1.807) is 40.2 Å². The number of allylic oxidation sites excluding steroid dienone is 5. The second kappa shape index (κ2) is 15.6. The van der Waals surface area contributed by atoms with Gasteiger partial charge in [0, 0.05) is 51.6 Å². The van der Waals surface area contributed by atoms with E-state index in [2.05, 4.69) is 5.32 Å². The van der Waals surface area contributed by atoms with Gasteiger partial charge in [-0.25, -0.2) is 4.79 Å². The Morgan fingerprint density at radius 3 is 2.20 bits per heavy atom. The average molecular weight is 575 g/mol. The summed E-state index contributed by atoms with van der Waals surface area (Å²) in [5.41, 5.74) is 6.29. The first kappa shape index (κ1) is 33.8. The lowest BCUT2D eigenvalue weighted by molar-refractivity contribution is -0.120. The van der Waals surface area contributed by atoms with E-state index in [-0.39, 0.29) is 28.7 Å². The van der Waals surface area contributed by atoms with Crippen molar-refractivity contribution in [3.8, 4) is 0 Å². The number of hydrogen-bond donors (Lipinski definition) is 2. The van der Waals surface area contributed by atoms with Crippen molar-refractivity contribution in [2.24, 2.45) is 17.6 Å². The van der Waals surface area contributed by atoms with Gasteiger partial charge in [-0.05, 0) is 37.8 Å². The van der Waals surface area contributed by atoms with Crippen LogP contribution in [0.15, 0.2) is 58.9 Å². The van der Waals surface area contributed by atoms with Crippen LogP contribution in [-0.4, -0.2) is 82.5 Å². The quantitative estimate of drug-likeness (QED) is 0.373. The van der Waals surface area contributed by atoms with Gasteiger partial charge in [0.1, 0.15) is 6.10 Å². The lowest BCUT2D eigenvalue weighted by Crippen LogP contribution is -2.41. The smallest absolute Gasteiger partial charge is 0.405 e. The van der Waals surface area contributed by atoms with Gasteiger partial charge in [0.15, 0.2) is 11.9 Å². The summed E-state index contributed by atoms with van der Waals surface area (Å²) in [5.74, 6) is -2.04. The number of methoxy groups -OCH3 is 4. The Morgan fingerprint density at radius 2 is 1.63 bits per heavy atom. The topological polar surface area (TPSA) is 152 Å². The number of amides is 2. The summed E-state index contributed by atoms with van der Waals surface area (Å²) >= 11 is 0. The molecule has 0 aromatic rings. The number of rotatable bonds is 5. The normalized spacial score (nSPS) is 33.9. The maximum atomic E-state index is 13.4. The molecule has 226 valence electrons. The van der Waals surface area contributed by atoms with Gasteiger partial charge in [-0.1, -0.05) is 38.2 Å². The zero-order valence-corrected chi connectivity index (χ0v) is 25.0. The van der Waals surface area contributed by atoms with Crippen molar-refractivity contribution < 1.29 is 42.9 Å². The van der Waals surface area contributed by atoms with Crippen LogP contribution in [0.1, 0.15) is 34.1 Å². The Bertz CT molecular complexity index is 1150. The predicted octanol–water partition coefficient (Wildman–Crippen LogP) is 2.71. The molecule has 11 heteroatoms. The molecule has 11 nitrogen and oxygen atoms in total. The van der Waals surface area contributed by atoms with Crippen molar-refractivity contribution in [3.63, 3.8) is 0 Å². The first-order valence-corrected chi connectivity index (χ1v) is 13.3. The van der Waals surface area contributed by atoms with Gasteiger partial charge in [0.2, 0.25) is 5.78 Å². The number of hydrogen-bond acceptors (Lipinski definition) is 9. The molecule has 2 aliphatic rings. The third-order valence-corrected chi connectivity index (χ3v) is 7.27. The standard InChI is InChI=1S/C30H42N2O9/c1-16-10-9-11-23(37-5)28(41-30(31)36)18(3)12-17(2)27(40-8)24(38-6)13-19(4)26(39-7)21-14-20(33)15-22(25(21)34)32-29(16)35/h9-12,14-15,17,19,23-24,26-28H,13H2,1-8H3,(H2,31,36)(H,32,35)/b11-9+,16-10+,18-12+/t17-,19-,23?,24?,26+,27+,28-/m1/s1. The fourth-order valence-electron chi connectivity index (χ4n) is 5.21. The minimum absolute atomic E-state index is 0.141. The Kier molecular flexibility index (Phi) is 12.8. The summed E-state index contributed by atoms with van der Waals surface area (Å²) in [7, 11) is 6.05. The maximum absolute atomic E-state index is 13.4. The Balaban J connectivity index is 2.66. The molecule has 1 heterocycles. The van der Waals surface area contributed by atoms with Crippen LogP contribution in [0.25, 0.3) is 0 Å². The van der Waals surface area contributed by atoms with E-state index in [9.17, 15) is 19.2 Å². The highest BCUT2D eigenvalue weighted by Gasteiger charge is 2.36. The second-order valence-corrected chi connectivity index (χ2v) is 10.2. The number of carbonyl (C=O) groups excluding carboxylic acids is 4. The van der Waals surface area contributed by atoms with Crippen molar-refractivity contribution >= 4 is 23.6 Å². The molecule has 0 fully saturated rings. The molecule has 0 aromatic carbocycles. The SMILES string of the molecule is COC1/C=C/C=C(\C)C(=O)NC2=CC(=O)C=C(C2=O)[C@@H](OC)[C@H](C)CC(OC)[C@@H](OC)[C@H](C)/C=C(\C)[C@H]1OC(N)=O. The van der Waals surface area contributed by atoms with Crippen molar-refractivity contribution in [1.82, 2.24) is 5.32 Å². The molecule has 2 bridgehead atoms. The number of ketones is 2. The summed E-state index contributed by atoms with van der Waals surface area (Å²) in [5, 5.41) is 2.54. The van der Waals surface area contributed by atoms with Gasteiger partial charge in [0.25, 0.3) is 5.91 Å². The second-order valence-electron chi connectivity index (χ2n) is 10.2. The van der Waals surface area contributed by atoms with E-state index in [1.807, 2.05) is 19.9 Å². The van der Waals surface area contributed by atoms with Crippen LogP contribution in [0.3, 0.4) is 0 Å². The van der Waals surface area contributed by atoms with Crippen LogP contribution >= 0.6 is 0 Å². The number of Topliss-reactive ketones (excluding diaryl/α,β-unsaturated/α-hetero) is 1. The van der Waals surface area contributed by atoms with E-state index in [1.165, 1.54) is 26.4 Å². The number of nitrogens with one attached hydrogen (secondary N) is 1. The summed E-state index contributed by atoms with van der Waals surface area (Å²) in [4.78, 5) is 50.6. The highest BCUT2D eigenvalue weighted by atomic mass is 16.6. The largest absolute Gasteiger partial charge is 0.439 e. The molecule has 7 atom stereocenters. The molecule has 0 saturated carbocycles. The minimum atomic E-state index is -0.972. The van der Waals surface area contributed by atoms with Gasteiger partial charge in [-0.15, -0.1) is 0 Å². The van der Waals surface area contributed by atoms with E-state index >= 15 is 0 Å². The molecule has 1 aliphatic heterocycles. The lowest BCUT2D eigenvalue weighted by Gasteiger charge is -2.34.